The summed E-state index contributed by atoms with van der Waals surface area (Å²) in [6, 6.07) is 11.3. The first-order valence-electron chi connectivity index (χ1n) is 7.45. The molecule has 0 aliphatic carbocycles. The summed E-state index contributed by atoms with van der Waals surface area (Å²) in [6.45, 7) is 1.14. The molecule has 0 spiro atoms. The van der Waals surface area contributed by atoms with Gasteiger partial charge >= 0.3 is 5.97 Å². The zero-order valence-electron chi connectivity index (χ0n) is 13.5. The topological polar surface area (TPSA) is 80.9 Å². The van der Waals surface area contributed by atoms with Crippen LogP contribution in [0.5, 0.6) is 0 Å². The molecule has 0 atom stereocenters. The highest BCUT2D eigenvalue weighted by Gasteiger charge is 2.14. The molecule has 1 amide bonds. The van der Waals surface area contributed by atoms with E-state index in [1.54, 1.807) is 24.3 Å². The van der Waals surface area contributed by atoms with E-state index in [2.05, 4.69) is 15.3 Å². The molecule has 1 aromatic heterocycles. The highest BCUT2D eigenvalue weighted by Crippen LogP contribution is 2.16. The molecule has 0 saturated heterocycles. The van der Waals surface area contributed by atoms with Crippen molar-refractivity contribution in [2.75, 3.05) is 5.32 Å². The van der Waals surface area contributed by atoms with Crippen molar-refractivity contribution in [3.63, 3.8) is 0 Å². The molecular formula is C18H12F2N2O4. The maximum absolute atomic E-state index is 13.3. The standard InChI is InChI=1S/C18H12F2N2O4/c1-10(23)26-22-18-13(8-11-4-2-3-5-16(11)25-18)17(24)21-12-6-7-14(19)15(20)9-12/h2-9H,1H3,(H,21,24). The molecule has 132 valence electrons. The second-order valence-electron chi connectivity index (χ2n) is 5.26. The fourth-order valence-corrected chi connectivity index (χ4v) is 2.18. The van der Waals surface area contributed by atoms with E-state index in [1.165, 1.54) is 12.1 Å². The number of benzene rings is 2. The van der Waals surface area contributed by atoms with Crippen molar-refractivity contribution >= 4 is 28.5 Å². The van der Waals surface area contributed by atoms with Crippen LogP contribution < -0.4 is 10.9 Å². The monoisotopic (exact) mass is 358 g/mol. The van der Waals surface area contributed by atoms with E-state index in [0.717, 1.165) is 19.1 Å². The molecule has 0 fully saturated rings. The number of carbonyl (C=O) groups is 2. The number of nitrogens with one attached hydrogen (secondary N) is 1. The summed E-state index contributed by atoms with van der Waals surface area (Å²) < 4.78 is 31.8. The van der Waals surface area contributed by atoms with Gasteiger partial charge in [0.1, 0.15) is 11.1 Å². The SMILES string of the molecule is CC(=O)ON=c1oc2ccccc2cc1C(=O)Nc1ccc(F)c(F)c1. The Morgan fingerprint density at radius 3 is 2.58 bits per heavy atom. The summed E-state index contributed by atoms with van der Waals surface area (Å²) in [5, 5.41) is 6.55. The first-order valence-corrected chi connectivity index (χ1v) is 7.45. The number of anilines is 1. The van der Waals surface area contributed by atoms with Gasteiger partial charge in [0.05, 0.1) is 0 Å². The number of rotatable bonds is 3. The van der Waals surface area contributed by atoms with Crippen molar-refractivity contribution in [2.24, 2.45) is 5.16 Å². The number of carbonyl (C=O) groups excluding carboxylic acids is 2. The van der Waals surface area contributed by atoms with Gasteiger partial charge in [-0.15, -0.1) is 0 Å². The van der Waals surface area contributed by atoms with E-state index in [9.17, 15) is 18.4 Å². The smallest absolute Gasteiger partial charge is 0.332 e. The van der Waals surface area contributed by atoms with Gasteiger partial charge in [-0.05, 0) is 29.4 Å². The van der Waals surface area contributed by atoms with Gasteiger partial charge in [0.2, 0.25) is 0 Å². The summed E-state index contributed by atoms with van der Waals surface area (Å²) in [5.74, 6) is -3.53. The molecule has 26 heavy (non-hydrogen) atoms. The van der Waals surface area contributed by atoms with E-state index in [0.29, 0.717) is 11.0 Å². The largest absolute Gasteiger partial charge is 0.435 e. The van der Waals surface area contributed by atoms with Crippen LogP contribution in [0, 0.1) is 11.6 Å². The van der Waals surface area contributed by atoms with Gasteiger partial charge in [0.25, 0.3) is 11.5 Å². The number of hydrogen-bond acceptors (Lipinski definition) is 5. The molecule has 3 rings (SSSR count). The molecule has 0 saturated carbocycles. The van der Waals surface area contributed by atoms with Crippen LogP contribution in [0.15, 0.2) is 58.1 Å². The normalized spacial score (nSPS) is 11.4. The van der Waals surface area contributed by atoms with Crippen molar-refractivity contribution in [3.8, 4) is 0 Å². The molecule has 3 aromatic rings. The highest BCUT2D eigenvalue weighted by atomic mass is 19.2. The van der Waals surface area contributed by atoms with Crippen LogP contribution >= 0.6 is 0 Å². The molecule has 0 aliphatic rings. The summed E-state index contributed by atoms with van der Waals surface area (Å²) in [6.07, 6.45) is 0. The lowest BCUT2D eigenvalue weighted by Gasteiger charge is -2.07. The van der Waals surface area contributed by atoms with Crippen molar-refractivity contribution in [2.45, 2.75) is 6.92 Å². The minimum atomic E-state index is -1.10. The lowest BCUT2D eigenvalue weighted by molar-refractivity contribution is -0.141. The number of hydrogen-bond donors (Lipinski definition) is 1. The average Bonchev–Trinajstić information content (AvgIpc) is 2.62. The van der Waals surface area contributed by atoms with Crippen LogP contribution in [0.25, 0.3) is 11.0 Å². The van der Waals surface area contributed by atoms with E-state index in [4.69, 9.17) is 4.42 Å². The molecule has 6 nitrogen and oxygen atoms in total. The summed E-state index contributed by atoms with van der Waals surface area (Å²) in [4.78, 5) is 28.1. The molecule has 0 bridgehead atoms. The Morgan fingerprint density at radius 1 is 1.08 bits per heavy atom. The fourth-order valence-electron chi connectivity index (χ4n) is 2.18. The van der Waals surface area contributed by atoms with Crippen molar-refractivity contribution < 1.29 is 27.6 Å². The highest BCUT2D eigenvalue weighted by molar-refractivity contribution is 6.05. The van der Waals surface area contributed by atoms with Gasteiger partial charge in [-0.1, -0.05) is 18.2 Å². The number of amides is 1. The van der Waals surface area contributed by atoms with Crippen LogP contribution in [0.4, 0.5) is 14.5 Å². The van der Waals surface area contributed by atoms with E-state index >= 15 is 0 Å². The number of para-hydroxylation sites is 1. The Bertz CT molecular complexity index is 1080. The second kappa shape index (κ2) is 7.14. The van der Waals surface area contributed by atoms with Gasteiger partial charge in [0.15, 0.2) is 11.6 Å². The molecule has 1 N–H and O–H groups in total. The fraction of sp³-hybridized carbons (Fsp3) is 0.0556. The Morgan fingerprint density at radius 2 is 1.85 bits per heavy atom. The third-order valence-corrected chi connectivity index (χ3v) is 3.34. The molecule has 1 heterocycles. The minimum absolute atomic E-state index is 0.0421. The minimum Gasteiger partial charge on any atom is -0.435 e. The van der Waals surface area contributed by atoms with Gasteiger partial charge in [-0.25, -0.2) is 13.6 Å². The molecule has 8 heteroatoms. The lowest BCUT2D eigenvalue weighted by Crippen LogP contribution is -2.22. The van der Waals surface area contributed by atoms with Gasteiger partial charge in [-0.2, -0.15) is 0 Å². The second-order valence-corrected chi connectivity index (χ2v) is 5.26. The van der Waals surface area contributed by atoms with Gasteiger partial charge in [-0.3, -0.25) is 4.79 Å². The predicted molar refractivity (Wildman–Crippen MR) is 87.9 cm³/mol. The third kappa shape index (κ3) is 3.75. The third-order valence-electron chi connectivity index (χ3n) is 3.34. The van der Waals surface area contributed by atoms with E-state index in [-0.39, 0.29) is 16.8 Å². The quantitative estimate of drug-likeness (QED) is 0.575. The average molecular weight is 358 g/mol. The first-order chi connectivity index (χ1) is 12.4. The number of halogens is 2. The van der Waals surface area contributed by atoms with Crippen molar-refractivity contribution in [1.29, 1.82) is 0 Å². The maximum Gasteiger partial charge on any atom is 0.332 e. The first kappa shape index (κ1) is 17.3. The predicted octanol–water partition coefficient (Wildman–Crippen LogP) is 3.34. The molecule has 0 radical (unpaired) electrons. The zero-order chi connectivity index (χ0) is 18.7. The van der Waals surface area contributed by atoms with Crippen molar-refractivity contribution in [1.82, 2.24) is 0 Å². The Kier molecular flexibility index (Phi) is 4.74. The van der Waals surface area contributed by atoms with Crippen LogP contribution in [0.3, 0.4) is 0 Å². The summed E-state index contributed by atoms with van der Waals surface area (Å²) in [7, 11) is 0. The van der Waals surface area contributed by atoms with E-state index in [1.807, 2.05) is 0 Å². The van der Waals surface area contributed by atoms with Gasteiger partial charge < -0.3 is 14.6 Å². The Labute approximate surface area is 145 Å². The van der Waals surface area contributed by atoms with Crippen LogP contribution in [0.1, 0.15) is 17.3 Å². The van der Waals surface area contributed by atoms with Crippen molar-refractivity contribution in [3.05, 3.63) is 71.3 Å². The molecule has 0 aliphatic heterocycles. The van der Waals surface area contributed by atoms with Gasteiger partial charge in [0, 0.05) is 24.1 Å². The lowest BCUT2D eigenvalue weighted by atomic mass is 10.1. The molecule has 2 aromatic carbocycles. The number of nitrogens with zero attached hydrogens (tertiary/aromatic N) is 1. The Hall–Kier alpha value is -3.55. The zero-order valence-corrected chi connectivity index (χ0v) is 13.5. The van der Waals surface area contributed by atoms with Crippen LogP contribution in [0.2, 0.25) is 0 Å². The maximum atomic E-state index is 13.3. The number of fused-ring (bicyclic) bond motifs is 1. The molecular weight excluding hydrogens is 346 g/mol. The van der Waals surface area contributed by atoms with E-state index < -0.39 is 23.5 Å². The summed E-state index contributed by atoms with van der Waals surface area (Å²) in [5.41, 5.74) is 0.178. The summed E-state index contributed by atoms with van der Waals surface area (Å²) >= 11 is 0. The van der Waals surface area contributed by atoms with Crippen LogP contribution in [-0.2, 0) is 9.63 Å². The molecule has 0 unspecified atom stereocenters. The Balaban J connectivity index is 2.04. The van der Waals surface area contributed by atoms with Crippen LogP contribution in [-0.4, -0.2) is 11.9 Å².